The van der Waals surface area contributed by atoms with E-state index in [0.29, 0.717) is 11.4 Å². The molecule has 17 heavy (non-hydrogen) atoms. The highest BCUT2D eigenvalue weighted by Gasteiger charge is 2.07. The summed E-state index contributed by atoms with van der Waals surface area (Å²) >= 11 is 11.5. The predicted molar refractivity (Wildman–Crippen MR) is 72.9 cm³/mol. The van der Waals surface area contributed by atoms with Gasteiger partial charge in [0.25, 0.3) is 0 Å². The molecule has 0 saturated heterocycles. The monoisotopic (exact) mass is 272 g/mol. The average molecular weight is 273 g/mol. The van der Waals surface area contributed by atoms with Crippen LogP contribution in [-0.4, -0.2) is 11.0 Å². The Morgan fingerprint density at radius 2 is 2.00 bits per heavy atom. The third kappa shape index (κ3) is 5.20. The van der Waals surface area contributed by atoms with Gasteiger partial charge in [0.2, 0.25) is 0 Å². The van der Waals surface area contributed by atoms with Crippen LogP contribution in [0.3, 0.4) is 0 Å². The molecule has 1 aromatic carbocycles. The Balaban J connectivity index is 2.52. The molecule has 3 nitrogen and oxygen atoms in total. The molecule has 0 atom stereocenters. The zero-order chi connectivity index (χ0) is 12.7. The van der Waals surface area contributed by atoms with Gasteiger partial charge < -0.3 is 0 Å². The maximum atomic E-state index is 11.5. The molecular weight excluding hydrogens is 259 g/mol. The molecule has 0 aliphatic rings. The molecule has 1 aromatic rings. The van der Waals surface area contributed by atoms with Crippen LogP contribution in [0.1, 0.15) is 26.2 Å². The fourth-order valence-corrected chi connectivity index (χ4v) is 1.40. The number of carbonyl (C=O) groups is 1. The number of benzene rings is 1. The van der Waals surface area contributed by atoms with E-state index in [0.717, 1.165) is 18.5 Å². The molecule has 0 radical (unpaired) electrons. The van der Waals surface area contributed by atoms with E-state index in [-0.39, 0.29) is 11.0 Å². The van der Waals surface area contributed by atoms with Crippen molar-refractivity contribution in [1.82, 2.24) is 0 Å². The van der Waals surface area contributed by atoms with Crippen LogP contribution in [0.2, 0.25) is 5.02 Å². The van der Waals surface area contributed by atoms with Crippen LogP contribution in [0, 0.1) is 0 Å². The van der Waals surface area contributed by atoms with Gasteiger partial charge in [0.15, 0.2) is 11.0 Å². The zero-order valence-electron chi connectivity index (χ0n) is 9.54. The number of rotatable bonds is 6. The largest absolute Gasteiger partial charge is 0.291 e. The molecule has 1 rings (SSSR count). The first-order valence-corrected chi connectivity index (χ1v) is 6.17. The lowest BCUT2D eigenvalue weighted by atomic mass is 10.2. The fraction of sp³-hybridized carbons (Fsp3) is 0.333. The number of anilines is 1. The molecule has 0 spiro atoms. The Labute approximate surface area is 111 Å². The van der Waals surface area contributed by atoms with Gasteiger partial charge in [-0.05, 0) is 30.7 Å². The van der Waals surface area contributed by atoms with E-state index in [1.54, 1.807) is 24.3 Å². The summed E-state index contributed by atoms with van der Waals surface area (Å²) in [5.74, 6) is -0.144. The van der Waals surface area contributed by atoms with Crippen molar-refractivity contribution < 1.29 is 4.79 Å². The lowest BCUT2D eigenvalue weighted by Gasteiger charge is -2.01. The summed E-state index contributed by atoms with van der Waals surface area (Å²) in [6, 6.07) is 6.97. The van der Waals surface area contributed by atoms with Gasteiger partial charge in [-0.15, -0.1) is 0 Å². The van der Waals surface area contributed by atoms with Crippen molar-refractivity contribution in [3.8, 4) is 0 Å². The Bertz CT molecular complexity index is 401. The maximum Gasteiger partial charge on any atom is 0.194 e. The number of hydrazone groups is 1. The van der Waals surface area contributed by atoms with Gasteiger partial charge >= 0.3 is 0 Å². The van der Waals surface area contributed by atoms with Gasteiger partial charge in [-0.2, -0.15) is 5.10 Å². The molecule has 0 bridgehead atoms. The summed E-state index contributed by atoms with van der Waals surface area (Å²) in [7, 11) is 0. The second-order valence-electron chi connectivity index (χ2n) is 3.55. The van der Waals surface area contributed by atoms with E-state index >= 15 is 0 Å². The van der Waals surface area contributed by atoms with E-state index in [1.165, 1.54) is 0 Å². The number of carbonyl (C=O) groups excluding carboxylic acids is 1. The van der Waals surface area contributed by atoms with E-state index in [2.05, 4.69) is 10.5 Å². The minimum atomic E-state index is -0.144. The summed E-state index contributed by atoms with van der Waals surface area (Å²) in [6.45, 7) is 2.02. The maximum absolute atomic E-state index is 11.5. The Hall–Kier alpha value is -1.06. The summed E-state index contributed by atoms with van der Waals surface area (Å²) in [5, 5.41) is 4.44. The van der Waals surface area contributed by atoms with E-state index in [4.69, 9.17) is 23.2 Å². The molecule has 0 aliphatic heterocycles. The Morgan fingerprint density at radius 3 is 2.59 bits per heavy atom. The van der Waals surface area contributed by atoms with E-state index < -0.39 is 0 Å². The summed E-state index contributed by atoms with van der Waals surface area (Å²) in [5.41, 5.74) is 3.44. The first kappa shape index (κ1) is 14.0. The van der Waals surface area contributed by atoms with Crippen molar-refractivity contribution in [3.05, 3.63) is 29.3 Å². The van der Waals surface area contributed by atoms with Crippen molar-refractivity contribution >= 4 is 39.8 Å². The smallest absolute Gasteiger partial charge is 0.194 e. The second kappa shape index (κ2) is 7.30. The molecule has 5 heteroatoms. The van der Waals surface area contributed by atoms with Gasteiger partial charge in [-0.1, -0.05) is 36.5 Å². The molecule has 0 amide bonds. The third-order valence-electron chi connectivity index (χ3n) is 2.11. The number of nitrogens with one attached hydrogen (secondary N) is 1. The van der Waals surface area contributed by atoms with E-state index in [1.807, 2.05) is 6.92 Å². The van der Waals surface area contributed by atoms with Crippen molar-refractivity contribution in [1.29, 1.82) is 0 Å². The number of nitrogens with zero attached hydrogens (tertiary/aromatic N) is 1. The molecule has 0 aromatic heterocycles. The highest BCUT2D eigenvalue weighted by Crippen LogP contribution is 2.13. The van der Waals surface area contributed by atoms with Gasteiger partial charge in [0.1, 0.15) is 0 Å². The summed E-state index contributed by atoms with van der Waals surface area (Å²) < 4.78 is 0. The minimum Gasteiger partial charge on any atom is -0.291 e. The Morgan fingerprint density at radius 1 is 1.35 bits per heavy atom. The number of hydrogen-bond donors (Lipinski definition) is 1. The normalized spacial score (nSPS) is 11.4. The molecule has 92 valence electrons. The summed E-state index contributed by atoms with van der Waals surface area (Å²) in [6.07, 6.45) is 2.22. The highest BCUT2D eigenvalue weighted by molar-refractivity contribution is 6.83. The molecule has 0 heterocycles. The van der Waals surface area contributed by atoms with Crippen molar-refractivity contribution in [2.75, 3.05) is 5.43 Å². The standard InChI is InChI=1S/C12H14Cl2N2O/c1-2-3-4-11(17)12(14)16-15-10-7-5-9(13)6-8-10/h5-8,15H,2-4H2,1H3. The fourth-order valence-electron chi connectivity index (χ4n) is 1.14. The van der Waals surface area contributed by atoms with Crippen molar-refractivity contribution in [3.63, 3.8) is 0 Å². The first-order chi connectivity index (χ1) is 8.13. The highest BCUT2D eigenvalue weighted by atomic mass is 35.5. The van der Waals surface area contributed by atoms with Crippen molar-refractivity contribution in [2.45, 2.75) is 26.2 Å². The molecule has 0 fully saturated rings. The lowest BCUT2D eigenvalue weighted by molar-refractivity contribution is -0.112. The molecule has 0 unspecified atom stereocenters. The lowest BCUT2D eigenvalue weighted by Crippen LogP contribution is -2.09. The van der Waals surface area contributed by atoms with E-state index in [9.17, 15) is 4.79 Å². The van der Waals surface area contributed by atoms with Crippen LogP contribution in [0.4, 0.5) is 5.69 Å². The minimum absolute atomic E-state index is 0.0200. The molecule has 0 saturated carbocycles. The number of Topliss-reactive ketones (excluding diaryl/α,β-unsaturated/α-hetero) is 1. The first-order valence-electron chi connectivity index (χ1n) is 5.41. The van der Waals surface area contributed by atoms with Gasteiger partial charge in [0, 0.05) is 11.4 Å². The quantitative estimate of drug-likeness (QED) is 0.627. The average Bonchev–Trinajstić information content (AvgIpc) is 2.34. The van der Waals surface area contributed by atoms with Crippen LogP contribution >= 0.6 is 23.2 Å². The van der Waals surface area contributed by atoms with Crippen LogP contribution in [0.5, 0.6) is 0 Å². The van der Waals surface area contributed by atoms with Crippen LogP contribution in [0.15, 0.2) is 29.4 Å². The SMILES string of the molecule is CCCCC(=O)C(Cl)=NNc1ccc(Cl)cc1. The van der Waals surface area contributed by atoms with Crippen LogP contribution in [-0.2, 0) is 4.79 Å². The third-order valence-corrected chi connectivity index (χ3v) is 2.66. The van der Waals surface area contributed by atoms with Crippen LogP contribution < -0.4 is 5.43 Å². The molecule has 0 aliphatic carbocycles. The van der Waals surface area contributed by atoms with Gasteiger partial charge in [-0.3, -0.25) is 10.2 Å². The summed E-state index contributed by atoms with van der Waals surface area (Å²) in [4.78, 5) is 11.5. The second-order valence-corrected chi connectivity index (χ2v) is 4.34. The topological polar surface area (TPSA) is 41.5 Å². The molecular formula is C12H14Cl2N2O. The zero-order valence-corrected chi connectivity index (χ0v) is 11.1. The van der Waals surface area contributed by atoms with Gasteiger partial charge in [-0.25, -0.2) is 0 Å². The van der Waals surface area contributed by atoms with Gasteiger partial charge in [0.05, 0.1) is 5.69 Å². The Kier molecular flexibility index (Phi) is 6.01. The number of halogens is 2. The number of hydrogen-bond acceptors (Lipinski definition) is 3. The molecule has 1 N–H and O–H groups in total. The van der Waals surface area contributed by atoms with Crippen LogP contribution in [0.25, 0.3) is 0 Å². The number of unbranched alkanes of at least 4 members (excludes halogenated alkanes) is 1. The van der Waals surface area contributed by atoms with Crippen molar-refractivity contribution in [2.24, 2.45) is 5.10 Å². The predicted octanol–water partition coefficient (Wildman–Crippen LogP) is 4.06. The number of ketones is 1.